The summed E-state index contributed by atoms with van der Waals surface area (Å²) in [5, 5.41) is 8.75. The molecule has 1 aromatic rings. The first-order valence-corrected chi connectivity index (χ1v) is 4.94. The molecular formula is C12H11NO3. The number of carboxylic acids is 1. The van der Waals surface area contributed by atoms with E-state index in [2.05, 4.69) is 4.99 Å². The van der Waals surface area contributed by atoms with Crippen LogP contribution in [0.3, 0.4) is 0 Å². The molecule has 1 heterocycles. The van der Waals surface area contributed by atoms with Crippen molar-refractivity contribution in [1.82, 2.24) is 0 Å². The molecule has 2 rings (SSSR count). The first kappa shape index (κ1) is 10.4. The predicted molar refractivity (Wildman–Crippen MR) is 59.6 cm³/mol. The Morgan fingerprint density at radius 1 is 1.38 bits per heavy atom. The van der Waals surface area contributed by atoms with Crippen LogP contribution in [0.15, 0.2) is 47.5 Å². The topological polar surface area (TPSA) is 58.9 Å². The van der Waals surface area contributed by atoms with Gasteiger partial charge >= 0.3 is 5.97 Å². The van der Waals surface area contributed by atoms with Crippen LogP contribution in [0.1, 0.15) is 0 Å². The molecule has 0 saturated carbocycles. The summed E-state index contributed by atoms with van der Waals surface area (Å²) < 4.78 is 5.45. The minimum absolute atomic E-state index is 0.230. The van der Waals surface area contributed by atoms with Gasteiger partial charge in [0, 0.05) is 0 Å². The Kier molecular flexibility index (Phi) is 3.00. The molecule has 4 nitrogen and oxygen atoms in total. The number of benzene rings is 1. The monoisotopic (exact) mass is 217 g/mol. The number of hydrogen-bond donors (Lipinski definition) is 1. The highest BCUT2D eigenvalue weighted by molar-refractivity contribution is 5.91. The van der Waals surface area contributed by atoms with Gasteiger partial charge in [-0.05, 0) is 18.2 Å². The highest BCUT2D eigenvalue weighted by atomic mass is 16.5. The Bertz CT molecular complexity index is 437. The van der Waals surface area contributed by atoms with E-state index in [1.165, 1.54) is 0 Å². The average Bonchev–Trinajstić information content (AvgIpc) is 2.31. The zero-order valence-electron chi connectivity index (χ0n) is 8.54. The molecule has 4 heteroatoms. The lowest BCUT2D eigenvalue weighted by atomic mass is 10.1. The van der Waals surface area contributed by atoms with Gasteiger partial charge in [-0.2, -0.15) is 0 Å². The van der Waals surface area contributed by atoms with E-state index in [0.717, 1.165) is 0 Å². The molecule has 82 valence electrons. The van der Waals surface area contributed by atoms with E-state index < -0.39 is 11.9 Å². The first-order valence-electron chi connectivity index (χ1n) is 4.94. The van der Waals surface area contributed by atoms with Crippen LogP contribution in [-0.2, 0) is 4.79 Å². The molecule has 1 N–H and O–H groups in total. The number of para-hydroxylation sites is 1. The van der Waals surface area contributed by atoms with Crippen LogP contribution in [0.25, 0.3) is 0 Å². The predicted octanol–water partition coefficient (Wildman–Crippen LogP) is 1.73. The molecule has 0 aliphatic carbocycles. The third-order valence-corrected chi connectivity index (χ3v) is 2.20. The van der Waals surface area contributed by atoms with E-state index in [9.17, 15) is 4.79 Å². The van der Waals surface area contributed by atoms with E-state index in [-0.39, 0.29) is 6.54 Å². The summed E-state index contributed by atoms with van der Waals surface area (Å²) in [5.74, 6) is -0.259. The number of nitrogens with zero attached hydrogens (tertiary/aromatic N) is 1. The summed E-state index contributed by atoms with van der Waals surface area (Å²) in [6.07, 6.45) is 3.18. The van der Waals surface area contributed by atoms with Gasteiger partial charge in [-0.3, -0.25) is 9.79 Å². The summed E-state index contributed by atoms with van der Waals surface area (Å²) in [5.41, 5.74) is 0. The van der Waals surface area contributed by atoms with E-state index >= 15 is 0 Å². The van der Waals surface area contributed by atoms with Crippen LogP contribution < -0.4 is 4.74 Å². The molecule has 0 amide bonds. The molecule has 0 fully saturated rings. The molecule has 1 unspecified atom stereocenters. The fourth-order valence-electron chi connectivity index (χ4n) is 1.34. The SMILES string of the molecule is O=C(O)C1C=CC(Oc2ccccc2)=NC1. The minimum Gasteiger partial charge on any atom is -0.481 e. The van der Waals surface area contributed by atoms with Gasteiger partial charge < -0.3 is 9.84 Å². The summed E-state index contributed by atoms with van der Waals surface area (Å²) in [6, 6.07) is 9.26. The summed E-state index contributed by atoms with van der Waals surface area (Å²) in [6.45, 7) is 0.230. The molecule has 1 aliphatic rings. The molecule has 1 atom stereocenters. The number of hydrogen-bond acceptors (Lipinski definition) is 3. The molecule has 1 aromatic carbocycles. The zero-order valence-corrected chi connectivity index (χ0v) is 8.54. The van der Waals surface area contributed by atoms with E-state index in [0.29, 0.717) is 11.6 Å². The Morgan fingerprint density at radius 2 is 2.12 bits per heavy atom. The Hall–Kier alpha value is -2.10. The van der Waals surface area contributed by atoms with Gasteiger partial charge in [0.25, 0.3) is 0 Å². The largest absolute Gasteiger partial charge is 0.481 e. The van der Waals surface area contributed by atoms with Crippen molar-refractivity contribution in [3.8, 4) is 5.75 Å². The highest BCUT2D eigenvalue weighted by Crippen LogP contribution is 2.12. The number of carbonyl (C=O) groups is 1. The molecule has 0 aromatic heterocycles. The molecule has 0 saturated heterocycles. The molecule has 0 spiro atoms. The van der Waals surface area contributed by atoms with Crippen molar-refractivity contribution in [2.24, 2.45) is 10.9 Å². The number of ether oxygens (including phenoxy) is 1. The smallest absolute Gasteiger partial charge is 0.312 e. The van der Waals surface area contributed by atoms with Crippen molar-refractivity contribution in [3.05, 3.63) is 42.5 Å². The van der Waals surface area contributed by atoms with E-state index in [1.807, 2.05) is 30.3 Å². The second-order valence-electron chi connectivity index (χ2n) is 3.40. The van der Waals surface area contributed by atoms with Crippen molar-refractivity contribution in [2.45, 2.75) is 0 Å². The van der Waals surface area contributed by atoms with Crippen molar-refractivity contribution in [3.63, 3.8) is 0 Å². The van der Waals surface area contributed by atoms with Gasteiger partial charge in [0.15, 0.2) is 0 Å². The van der Waals surface area contributed by atoms with Crippen molar-refractivity contribution >= 4 is 11.9 Å². The summed E-state index contributed by atoms with van der Waals surface area (Å²) >= 11 is 0. The number of dihydropyridines is 1. The number of aliphatic carboxylic acids is 1. The van der Waals surface area contributed by atoms with Gasteiger partial charge in [-0.1, -0.05) is 24.3 Å². The third kappa shape index (κ3) is 2.48. The average molecular weight is 217 g/mol. The second kappa shape index (κ2) is 4.61. The molecule has 0 bridgehead atoms. The van der Waals surface area contributed by atoms with Gasteiger partial charge in [-0.15, -0.1) is 0 Å². The third-order valence-electron chi connectivity index (χ3n) is 2.20. The Morgan fingerprint density at radius 3 is 2.69 bits per heavy atom. The van der Waals surface area contributed by atoms with E-state index in [1.54, 1.807) is 12.2 Å². The molecule has 16 heavy (non-hydrogen) atoms. The van der Waals surface area contributed by atoms with Gasteiger partial charge in [0.05, 0.1) is 12.5 Å². The van der Waals surface area contributed by atoms with Gasteiger partial charge in [0.2, 0.25) is 5.90 Å². The van der Waals surface area contributed by atoms with Crippen LogP contribution in [0.5, 0.6) is 5.75 Å². The van der Waals surface area contributed by atoms with Gasteiger partial charge in [-0.25, -0.2) is 0 Å². The second-order valence-corrected chi connectivity index (χ2v) is 3.40. The Labute approximate surface area is 92.9 Å². The maximum Gasteiger partial charge on any atom is 0.312 e. The maximum atomic E-state index is 10.7. The van der Waals surface area contributed by atoms with Crippen molar-refractivity contribution in [2.75, 3.05) is 6.54 Å². The fraction of sp³-hybridized carbons (Fsp3) is 0.167. The lowest BCUT2D eigenvalue weighted by molar-refractivity contribution is -0.139. The van der Waals surface area contributed by atoms with Crippen LogP contribution in [0.4, 0.5) is 0 Å². The zero-order chi connectivity index (χ0) is 11.4. The minimum atomic E-state index is -0.862. The van der Waals surface area contributed by atoms with Crippen LogP contribution in [0, 0.1) is 5.92 Å². The number of rotatable bonds is 2. The number of carboxylic acid groups (broad SMARTS) is 1. The molecule has 1 aliphatic heterocycles. The van der Waals surface area contributed by atoms with Gasteiger partial charge in [0.1, 0.15) is 5.75 Å². The van der Waals surface area contributed by atoms with Crippen LogP contribution in [-0.4, -0.2) is 23.5 Å². The van der Waals surface area contributed by atoms with Crippen molar-refractivity contribution in [1.29, 1.82) is 0 Å². The van der Waals surface area contributed by atoms with Crippen molar-refractivity contribution < 1.29 is 14.6 Å². The lowest BCUT2D eigenvalue weighted by Crippen LogP contribution is -2.20. The maximum absolute atomic E-state index is 10.7. The molecular weight excluding hydrogens is 206 g/mol. The normalized spacial score (nSPS) is 19.0. The van der Waals surface area contributed by atoms with Crippen LogP contribution in [0.2, 0.25) is 0 Å². The molecule has 0 radical (unpaired) electrons. The fourth-order valence-corrected chi connectivity index (χ4v) is 1.34. The van der Waals surface area contributed by atoms with Crippen LogP contribution >= 0.6 is 0 Å². The Balaban J connectivity index is 2.00. The number of aliphatic imine (C=N–C) groups is 1. The quantitative estimate of drug-likeness (QED) is 0.820. The summed E-state index contributed by atoms with van der Waals surface area (Å²) in [7, 11) is 0. The van der Waals surface area contributed by atoms with E-state index in [4.69, 9.17) is 9.84 Å². The highest BCUT2D eigenvalue weighted by Gasteiger charge is 2.17. The standard InChI is InChI=1S/C12H11NO3/c14-12(15)9-6-7-11(13-8-9)16-10-4-2-1-3-5-10/h1-7,9H,8H2,(H,14,15). The summed E-state index contributed by atoms with van der Waals surface area (Å²) in [4.78, 5) is 14.7. The first-order chi connectivity index (χ1) is 7.75. The lowest BCUT2D eigenvalue weighted by Gasteiger charge is -2.12.